The van der Waals surface area contributed by atoms with E-state index in [0.29, 0.717) is 23.6 Å². The van der Waals surface area contributed by atoms with E-state index in [4.69, 9.17) is 4.74 Å². The molecule has 5 rings (SSSR count). The first-order valence-electron chi connectivity index (χ1n) is 13.0. The van der Waals surface area contributed by atoms with Crippen LogP contribution in [0.15, 0.2) is 108 Å². The van der Waals surface area contributed by atoms with Crippen molar-refractivity contribution < 1.29 is 17.9 Å². The van der Waals surface area contributed by atoms with Crippen LogP contribution in [-0.2, 0) is 28.7 Å². The molecule has 39 heavy (non-hydrogen) atoms. The fraction of sp³-hybridized carbons (Fsp3) is 0.226. The van der Waals surface area contributed by atoms with Crippen LogP contribution in [0.25, 0.3) is 0 Å². The molecule has 7 nitrogen and oxygen atoms in total. The third-order valence-corrected chi connectivity index (χ3v) is 8.65. The van der Waals surface area contributed by atoms with E-state index >= 15 is 0 Å². The molecule has 0 unspecified atom stereocenters. The van der Waals surface area contributed by atoms with Crippen LogP contribution in [-0.4, -0.2) is 30.2 Å². The van der Waals surface area contributed by atoms with Gasteiger partial charge in [0.1, 0.15) is 5.75 Å². The number of carbonyl (C=O) groups excluding carboxylic acids is 1. The highest BCUT2D eigenvalue weighted by Gasteiger charge is 2.45. The van der Waals surface area contributed by atoms with Crippen LogP contribution in [0.2, 0.25) is 0 Å². The van der Waals surface area contributed by atoms with E-state index in [0.717, 1.165) is 24.0 Å². The number of pyridine rings is 1. The molecule has 1 heterocycles. The van der Waals surface area contributed by atoms with Crippen molar-refractivity contribution in [2.24, 2.45) is 0 Å². The number of ether oxygens (including phenoxy) is 1. The van der Waals surface area contributed by atoms with Crippen LogP contribution < -0.4 is 10.1 Å². The topological polar surface area (TPSA) is 88.6 Å². The molecule has 4 aromatic rings. The highest BCUT2D eigenvalue weighted by atomic mass is 32.2. The van der Waals surface area contributed by atoms with Crippen LogP contribution in [0.5, 0.6) is 5.75 Å². The molecule has 0 radical (unpaired) electrons. The Bertz CT molecular complexity index is 1500. The summed E-state index contributed by atoms with van der Waals surface area (Å²) in [6, 6.07) is 28.9. The van der Waals surface area contributed by atoms with Crippen LogP contribution in [0, 0.1) is 0 Å². The Balaban J connectivity index is 1.34. The summed E-state index contributed by atoms with van der Waals surface area (Å²) < 4.78 is 34.2. The number of amides is 1. The second kappa shape index (κ2) is 11.4. The molecule has 0 atom stereocenters. The van der Waals surface area contributed by atoms with E-state index in [9.17, 15) is 13.2 Å². The van der Waals surface area contributed by atoms with Gasteiger partial charge < -0.3 is 10.1 Å². The second-order valence-corrected chi connectivity index (χ2v) is 11.5. The van der Waals surface area contributed by atoms with Crippen molar-refractivity contribution in [3.05, 3.63) is 126 Å². The summed E-state index contributed by atoms with van der Waals surface area (Å²) >= 11 is 0. The SMILES string of the molecule is CCOc1ccc(S(=O)(=O)N(Cc2ccc(C(=O)NC3(c4ccccc4)CC3)cc2)Cc2ccccn2)cc1. The number of hydrogen-bond acceptors (Lipinski definition) is 5. The number of carbonyl (C=O) groups is 1. The van der Waals surface area contributed by atoms with E-state index in [-0.39, 0.29) is 29.4 Å². The molecule has 8 heteroatoms. The lowest BCUT2D eigenvalue weighted by molar-refractivity contribution is 0.0930. The van der Waals surface area contributed by atoms with Gasteiger partial charge >= 0.3 is 0 Å². The van der Waals surface area contributed by atoms with Gasteiger partial charge in [0, 0.05) is 18.3 Å². The maximum atomic E-state index is 13.7. The molecular formula is C31H31N3O4S. The maximum Gasteiger partial charge on any atom is 0.251 e. The van der Waals surface area contributed by atoms with Crippen LogP contribution in [0.1, 0.15) is 46.9 Å². The molecule has 1 aliphatic carbocycles. The first-order valence-corrected chi connectivity index (χ1v) is 14.4. The Morgan fingerprint density at radius 3 is 2.21 bits per heavy atom. The smallest absolute Gasteiger partial charge is 0.251 e. The predicted molar refractivity (Wildman–Crippen MR) is 150 cm³/mol. The van der Waals surface area contributed by atoms with E-state index in [1.807, 2.05) is 43.3 Å². The number of benzene rings is 3. The van der Waals surface area contributed by atoms with Gasteiger partial charge in [0.05, 0.1) is 29.3 Å². The standard InChI is InChI=1S/C31H31N3O4S/c1-2-38-28-15-17-29(18-16-28)39(36,37)34(23-27-10-6-7-21-32-27)22-24-11-13-25(14-12-24)30(35)33-31(19-20-31)26-8-4-3-5-9-26/h3-18,21H,2,19-20,22-23H2,1H3,(H,33,35). The van der Waals surface area contributed by atoms with Gasteiger partial charge in [0.2, 0.25) is 10.0 Å². The highest BCUT2D eigenvalue weighted by Crippen LogP contribution is 2.45. The quantitative estimate of drug-likeness (QED) is 0.279. The molecule has 1 aliphatic rings. The summed E-state index contributed by atoms with van der Waals surface area (Å²) in [5.74, 6) is 0.470. The van der Waals surface area contributed by atoms with Gasteiger partial charge in [-0.1, -0.05) is 48.5 Å². The molecule has 1 aromatic heterocycles. The third-order valence-electron chi connectivity index (χ3n) is 6.84. The Labute approximate surface area is 229 Å². The molecule has 1 fully saturated rings. The van der Waals surface area contributed by atoms with E-state index < -0.39 is 10.0 Å². The fourth-order valence-electron chi connectivity index (χ4n) is 4.54. The number of rotatable bonds is 11. The zero-order valence-corrected chi connectivity index (χ0v) is 22.6. The first-order chi connectivity index (χ1) is 18.9. The van der Waals surface area contributed by atoms with Crippen molar-refractivity contribution in [2.45, 2.75) is 43.3 Å². The Kier molecular flexibility index (Phi) is 7.77. The molecular weight excluding hydrogens is 510 g/mol. The lowest BCUT2D eigenvalue weighted by atomic mass is 10.0. The van der Waals surface area contributed by atoms with Crippen molar-refractivity contribution in [3.63, 3.8) is 0 Å². The lowest BCUT2D eigenvalue weighted by Gasteiger charge is -2.22. The van der Waals surface area contributed by atoms with Crippen molar-refractivity contribution in [1.82, 2.24) is 14.6 Å². The normalized spacial score (nSPS) is 14.1. The average Bonchev–Trinajstić information content (AvgIpc) is 3.75. The number of hydrogen-bond donors (Lipinski definition) is 1. The van der Waals surface area contributed by atoms with Gasteiger partial charge in [-0.2, -0.15) is 4.31 Å². The van der Waals surface area contributed by atoms with Crippen molar-refractivity contribution in [1.29, 1.82) is 0 Å². The van der Waals surface area contributed by atoms with E-state index in [2.05, 4.69) is 10.3 Å². The van der Waals surface area contributed by atoms with E-state index in [1.165, 1.54) is 4.31 Å². The molecule has 0 bridgehead atoms. The maximum absolute atomic E-state index is 13.7. The summed E-state index contributed by atoms with van der Waals surface area (Å²) in [6.45, 7) is 2.61. The van der Waals surface area contributed by atoms with Crippen molar-refractivity contribution >= 4 is 15.9 Å². The number of aromatic nitrogens is 1. The lowest BCUT2D eigenvalue weighted by Crippen LogP contribution is -2.34. The number of nitrogens with one attached hydrogen (secondary N) is 1. The second-order valence-electron chi connectivity index (χ2n) is 9.60. The minimum Gasteiger partial charge on any atom is -0.494 e. The third kappa shape index (κ3) is 6.19. The Morgan fingerprint density at radius 1 is 0.897 bits per heavy atom. The summed E-state index contributed by atoms with van der Waals surface area (Å²) in [6.07, 6.45) is 3.46. The summed E-state index contributed by atoms with van der Waals surface area (Å²) in [4.78, 5) is 17.5. The van der Waals surface area contributed by atoms with Crippen LogP contribution in [0.4, 0.5) is 0 Å². The summed E-state index contributed by atoms with van der Waals surface area (Å²) in [5.41, 5.74) is 2.74. The van der Waals surface area contributed by atoms with Crippen molar-refractivity contribution in [3.8, 4) is 5.75 Å². The van der Waals surface area contributed by atoms with E-state index in [1.54, 1.807) is 66.9 Å². The number of sulfonamides is 1. The van der Waals surface area contributed by atoms with Gasteiger partial charge in [0.25, 0.3) is 5.91 Å². The summed E-state index contributed by atoms with van der Waals surface area (Å²) in [5, 5.41) is 3.19. The van der Waals surface area contributed by atoms with Gasteiger partial charge in [-0.05, 0) is 79.4 Å². The monoisotopic (exact) mass is 541 g/mol. The average molecular weight is 542 g/mol. The Hall–Kier alpha value is -4.01. The Morgan fingerprint density at radius 2 is 1.59 bits per heavy atom. The predicted octanol–water partition coefficient (Wildman–Crippen LogP) is 5.29. The van der Waals surface area contributed by atoms with Crippen LogP contribution >= 0.6 is 0 Å². The van der Waals surface area contributed by atoms with Gasteiger partial charge in [-0.3, -0.25) is 9.78 Å². The first kappa shape index (κ1) is 26.6. The van der Waals surface area contributed by atoms with Gasteiger partial charge in [-0.15, -0.1) is 0 Å². The molecule has 1 N–H and O–H groups in total. The molecule has 1 saturated carbocycles. The van der Waals surface area contributed by atoms with Gasteiger partial charge in [0.15, 0.2) is 0 Å². The molecule has 0 aliphatic heterocycles. The largest absolute Gasteiger partial charge is 0.494 e. The minimum absolute atomic E-state index is 0.109. The molecule has 200 valence electrons. The summed E-state index contributed by atoms with van der Waals surface area (Å²) in [7, 11) is -3.84. The zero-order chi connectivity index (χ0) is 27.3. The molecule has 3 aromatic carbocycles. The highest BCUT2D eigenvalue weighted by molar-refractivity contribution is 7.89. The number of nitrogens with zero attached hydrogens (tertiary/aromatic N) is 2. The van der Waals surface area contributed by atoms with Gasteiger partial charge in [-0.25, -0.2) is 8.42 Å². The fourth-order valence-corrected chi connectivity index (χ4v) is 5.94. The molecule has 0 spiro atoms. The molecule has 0 saturated heterocycles. The van der Waals surface area contributed by atoms with Crippen molar-refractivity contribution in [2.75, 3.05) is 6.61 Å². The zero-order valence-electron chi connectivity index (χ0n) is 21.8. The molecule has 1 amide bonds. The minimum atomic E-state index is -3.84. The van der Waals surface area contributed by atoms with Crippen LogP contribution in [0.3, 0.4) is 0 Å².